The van der Waals surface area contributed by atoms with E-state index in [9.17, 15) is 4.79 Å². The molecule has 2 aromatic rings. The summed E-state index contributed by atoms with van der Waals surface area (Å²) < 4.78 is 1.75. The van der Waals surface area contributed by atoms with Crippen molar-refractivity contribution in [1.82, 2.24) is 25.3 Å². The molecule has 0 unspecified atom stereocenters. The van der Waals surface area contributed by atoms with Gasteiger partial charge in [-0.25, -0.2) is 0 Å². The average molecular weight is 287 g/mol. The SMILES string of the molecule is Cn1nc(C(=O)NCCN2CCNCC2)c2ccccc21. The number of amides is 1. The van der Waals surface area contributed by atoms with Crippen LogP contribution in [-0.2, 0) is 7.05 Å². The van der Waals surface area contributed by atoms with Crippen LogP contribution in [-0.4, -0.2) is 59.9 Å². The lowest BCUT2D eigenvalue weighted by molar-refractivity contribution is 0.0943. The predicted octanol–water partition coefficient (Wildman–Crippen LogP) is 0.208. The van der Waals surface area contributed by atoms with Crippen molar-refractivity contribution in [2.24, 2.45) is 7.05 Å². The zero-order valence-electron chi connectivity index (χ0n) is 12.3. The summed E-state index contributed by atoms with van der Waals surface area (Å²) in [6.45, 7) is 5.68. The van der Waals surface area contributed by atoms with Gasteiger partial charge in [0.25, 0.3) is 5.91 Å². The molecule has 1 aliphatic rings. The number of piperazine rings is 1. The molecule has 3 rings (SSSR count). The van der Waals surface area contributed by atoms with Gasteiger partial charge in [0.1, 0.15) is 0 Å². The largest absolute Gasteiger partial charge is 0.349 e. The quantitative estimate of drug-likeness (QED) is 0.844. The van der Waals surface area contributed by atoms with Crippen LogP contribution < -0.4 is 10.6 Å². The summed E-state index contributed by atoms with van der Waals surface area (Å²) in [4.78, 5) is 14.7. The normalized spacial score (nSPS) is 16.2. The van der Waals surface area contributed by atoms with E-state index in [-0.39, 0.29) is 5.91 Å². The van der Waals surface area contributed by atoms with Crippen molar-refractivity contribution >= 4 is 16.8 Å². The molecule has 6 nitrogen and oxygen atoms in total. The number of nitrogens with one attached hydrogen (secondary N) is 2. The molecule has 1 amide bonds. The topological polar surface area (TPSA) is 62.2 Å². The highest BCUT2D eigenvalue weighted by atomic mass is 16.1. The van der Waals surface area contributed by atoms with Crippen LogP contribution >= 0.6 is 0 Å². The maximum atomic E-state index is 12.3. The van der Waals surface area contributed by atoms with Gasteiger partial charge in [0, 0.05) is 51.7 Å². The molecule has 0 saturated carbocycles. The highest BCUT2D eigenvalue weighted by Crippen LogP contribution is 2.16. The molecule has 0 spiro atoms. The van der Waals surface area contributed by atoms with E-state index in [0.717, 1.165) is 43.6 Å². The number of hydrogen-bond donors (Lipinski definition) is 2. The number of aromatic nitrogens is 2. The monoisotopic (exact) mass is 287 g/mol. The van der Waals surface area contributed by atoms with Gasteiger partial charge in [-0.2, -0.15) is 5.10 Å². The Morgan fingerprint density at radius 3 is 2.90 bits per heavy atom. The molecule has 1 fully saturated rings. The molecule has 1 aromatic heterocycles. The molecule has 1 aliphatic heterocycles. The van der Waals surface area contributed by atoms with E-state index in [0.29, 0.717) is 12.2 Å². The fourth-order valence-electron chi connectivity index (χ4n) is 2.73. The number of aryl methyl sites for hydroxylation is 1. The van der Waals surface area contributed by atoms with E-state index in [1.165, 1.54) is 0 Å². The Bertz CT molecular complexity index is 630. The number of carbonyl (C=O) groups is 1. The highest BCUT2D eigenvalue weighted by molar-refractivity contribution is 6.04. The smallest absolute Gasteiger partial charge is 0.272 e. The van der Waals surface area contributed by atoms with Crippen LogP contribution in [0.3, 0.4) is 0 Å². The Morgan fingerprint density at radius 1 is 1.33 bits per heavy atom. The third kappa shape index (κ3) is 3.06. The minimum Gasteiger partial charge on any atom is -0.349 e. The van der Waals surface area contributed by atoms with Crippen LogP contribution in [0.5, 0.6) is 0 Å². The van der Waals surface area contributed by atoms with Crippen LogP contribution in [0.15, 0.2) is 24.3 Å². The molecule has 0 radical (unpaired) electrons. The van der Waals surface area contributed by atoms with E-state index < -0.39 is 0 Å². The second-order valence-electron chi connectivity index (χ2n) is 5.34. The number of benzene rings is 1. The van der Waals surface area contributed by atoms with Crippen molar-refractivity contribution in [3.8, 4) is 0 Å². The van der Waals surface area contributed by atoms with Gasteiger partial charge < -0.3 is 10.6 Å². The lowest BCUT2D eigenvalue weighted by atomic mass is 10.2. The number of rotatable bonds is 4. The van der Waals surface area contributed by atoms with E-state index in [1.54, 1.807) is 4.68 Å². The third-order valence-electron chi connectivity index (χ3n) is 3.90. The third-order valence-corrected chi connectivity index (χ3v) is 3.90. The summed E-state index contributed by atoms with van der Waals surface area (Å²) in [7, 11) is 1.86. The Kier molecular flexibility index (Phi) is 4.17. The van der Waals surface area contributed by atoms with Crippen LogP contribution in [0, 0.1) is 0 Å². The fraction of sp³-hybridized carbons (Fsp3) is 0.467. The Hall–Kier alpha value is -1.92. The molecule has 112 valence electrons. The van der Waals surface area contributed by atoms with Crippen LogP contribution in [0.25, 0.3) is 10.9 Å². The molecule has 6 heteroatoms. The average Bonchev–Trinajstić information content (AvgIpc) is 2.86. The Labute approximate surface area is 124 Å². The van der Waals surface area contributed by atoms with Crippen molar-refractivity contribution in [3.63, 3.8) is 0 Å². The van der Waals surface area contributed by atoms with Gasteiger partial charge in [0.05, 0.1) is 5.52 Å². The fourth-order valence-corrected chi connectivity index (χ4v) is 2.73. The maximum Gasteiger partial charge on any atom is 0.272 e. The first kappa shape index (κ1) is 14.0. The predicted molar refractivity (Wildman–Crippen MR) is 82.4 cm³/mol. The van der Waals surface area contributed by atoms with Crippen LogP contribution in [0.2, 0.25) is 0 Å². The maximum absolute atomic E-state index is 12.3. The van der Waals surface area contributed by atoms with Crippen molar-refractivity contribution in [1.29, 1.82) is 0 Å². The first-order chi connectivity index (χ1) is 10.3. The molecule has 0 aliphatic carbocycles. The summed E-state index contributed by atoms with van der Waals surface area (Å²) in [6, 6.07) is 7.80. The lowest BCUT2D eigenvalue weighted by Crippen LogP contribution is -2.46. The number of carbonyl (C=O) groups excluding carboxylic acids is 1. The Balaban J connectivity index is 1.61. The number of para-hydroxylation sites is 1. The summed E-state index contributed by atoms with van der Waals surface area (Å²) in [6.07, 6.45) is 0. The Morgan fingerprint density at radius 2 is 2.10 bits per heavy atom. The summed E-state index contributed by atoms with van der Waals surface area (Å²) in [5, 5.41) is 11.5. The zero-order valence-corrected chi connectivity index (χ0v) is 12.3. The van der Waals surface area contributed by atoms with E-state index >= 15 is 0 Å². The lowest BCUT2D eigenvalue weighted by Gasteiger charge is -2.26. The molecule has 1 saturated heterocycles. The van der Waals surface area contributed by atoms with Crippen molar-refractivity contribution < 1.29 is 4.79 Å². The van der Waals surface area contributed by atoms with Gasteiger partial charge in [-0.1, -0.05) is 18.2 Å². The molecule has 1 aromatic carbocycles. The van der Waals surface area contributed by atoms with Crippen molar-refractivity contribution in [2.75, 3.05) is 39.3 Å². The summed E-state index contributed by atoms with van der Waals surface area (Å²) in [5.41, 5.74) is 1.48. The van der Waals surface area contributed by atoms with Gasteiger partial charge in [0.15, 0.2) is 5.69 Å². The van der Waals surface area contributed by atoms with Gasteiger partial charge >= 0.3 is 0 Å². The molecule has 0 atom stereocenters. The molecule has 0 bridgehead atoms. The van der Waals surface area contributed by atoms with Crippen molar-refractivity contribution in [3.05, 3.63) is 30.0 Å². The second-order valence-corrected chi connectivity index (χ2v) is 5.34. The minimum absolute atomic E-state index is 0.0954. The second kappa shape index (κ2) is 6.24. The van der Waals surface area contributed by atoms with Crippen molar-refractivity contribution in [2.45, 2.75) is 0 Å². The van der Waals surface area contributed by atoms with Gasteiger partial charge in [-0.3, -0.25) is 14.4 Å². The number of hydrogen-bond acceptors (Lipinski definition) is 4. The van der Waals surface area contributed by atoms with E-state index in [4.69, 9.17) is 0 Å². The zero-order chi connectivity index (χ0) is 14.7. The number of nitrogens with zero attached hydrogens (tertiary/aromatic N) is 3. The van der Waals surface area contributed by atoms with Gasteiger partial charge in [0.2, 0.25) is 0 Å². The first-order valence-electron chi connectivity index (χ1n) is 7.39. The molecular formula is C15H21N5O. The van der Waals surface area contributed by atoms with Gasteiger partial charge in [-0.15, -0.1) is 0 Å². The van der Waals surface area contributed by atoms with Gasteiger partial charge in [-0.05, 0) is 6.07 Å². The standard InChI is InChI=1S/C15H21N5O/c1-19-13-5-3-2-4-12(13)14(18-19)15(21)17-8-11-20-9-6-16-7-10-20/h2-5,16H,6-11H2,1H3,(H,17,21). The number of fused-ring (bicyclic) bond motifs is 1. The van der Waals surface area contributed by atoms with E-state index in [2.05, 4.69) is 20.6 Å². The molecule has 2 heterocycles. The van der Waals surface area contributed by atoms with E-state index in [1.807, 2.05) is 31.3 Å². The molecular weight excluding hydrogens is 266 g/mol. The molecule has 2 N–H and O–H groups in total. The first-order valence-corrected chi connectivity index (χ1v) is 7.39. The molecule has 21 heavy (non-hydrogen) atoms. The highest BCUT2D eigenvalue weighted by Gasteiger charge is 2.16. The van der Waals surface area contributed by atoms with Crippen LogP contribution in [0.1, 0.15) is 10.5 Å². The summed E-state index contributed by atoms with van der Waals surface area (Å²) in [5.74, 6) is -0.0954. The summed E-state index contributed by atoms with van der Waals surface area (Å²) >= 11 is 0. The minimum atomic E-state index is -0.0954. The van der Waals surface area contributed by atoms with Crippen LogP contribution in [0.4, 0.5) is 0 Å².